The van der Waals surface area contributed by atoms with E-state index in [1.165, 1.54) is 11.5 Å². The highest BCUT2D eigenvalue weighted by atomic mass is 32.1. The van der Waals surface area contributed by atoms with Crippen LogP contribution in [0.15, 0.2) is 18.2 Å². The Morgan fingerprint density at radius 3 is 3.06 bits per heavy atom. The SMILES string of the molecule is CCCCCC(=O)Nc1ccc2c(=S)[nH]sc2c1. The van der Waals surface area contributed by atoms with Crippen molar-refractivity contribution in [2.75, 3.05) is 5.32 Å². The van der Waals surface area contributed by atoms with E-state index in [9.17, 15) is 4.79 Å². The molecule has 0 aliphatic heterocycles. The number of hydrogen-bond acceptors (Lipinski definition) is 3. The molecule has 0 unspecified atom stereocenters. The Hall–Kier alpha value is -1.20. The quantitative estimate of drug-likeness (QED) is 0.626. The van der Waals surface area contributed by atoms with Crippen molar-refractivity contribution in [2.24, 2.45) is 0 Å². The second kappa shape index (κ2) is 6.11. The molecule has 0 aliphatic rings. The smallest absolute Gasteiger partial charge is 0.224 e. The Bertz CT molecular complexity index is 600. The van der Waals surface area contributed by atoms with E-state index in [0.717, 1.165) is 39.7 Å². The number of fused-ring (bicyclic) bond motifs is 1. The molecule has 1 amide bonds. The van der Waals surface area contributed by atoms with Gasteiger partial charge in [-0.25, -0.2) is 0 Å². The molecule has 0 saturated heterocycles. The molecule has 0 fully saturated rings. The average Bonchev–Trinajstić information content (AvgIpc) is 2.71. The van der Waals surface area contributed by atoms with Gasteiger partial charge in [0.25, 0.3) is 0 Å². The number of unbranched alkanes of at least 4 members (excludes halogenated alkanes) is 2. The number of H-pyrrole nitrogens is 1. The largest absolute Gasteiger partial charge is 0.326 e. The predicted octanol–water partition coefficient (Wildman–Crippen LogP) is 4.48. The van der Waals surface area contributed by atoms with Crippen molar-refractivity contribution in [3.8, 4) is 0 Å². The molecule has 2 rings (SSSR count). The van der Waals surface area contributed by atoms with Crippen LogP contribution in [-0.4, -0.2) is 10.3 Å². The summed E-state index contributed by atoms with van der Waals surface area (Å²) in [6.45, 7) is 2.13. The van der Waals surface area contributed by atoms with Gasteiger partial charge >= 0.3 is 0 Å². The highest BCUT2D eigenvalue weighted by molar-refractivity contribution is 7.71. The summed E-state index contributed by atoms with van der Waals surface area (Å²) < 4.78 is 4.88. The zero-order valence-electron chi connectivity index (χ0n) is 10.3. The summed E-state index contributed by atoms with van der Waals surface area (Å²) >= 11 is 6.65. The van der Waals surface area contributed by atoms with Crippen LogP contribution in [0.3, 0.4) is 0 Å². The number of anilines is 1. The number of aromatic nitrogens is 1. The lowest BCUT2D eigenvalue weighted by atomic mass is 10.2. The molecule has 0 radical (unpaired) electrons. The molecule has 1 aromatic carbocycles. The molecule has 0 saturated carbocycles. The van der Waals surface area contributed by atoms with Gasteiger partial charge in [0.2, 0.25) is 5.91 Å². The molecular formula is C13H16N2OS2. The van der Waals surface area contributed by atoms with Crippen molar-refractivity contribution in [3.63, 3.8) is 0 Å². The first kappa shape index (κ1) is 13.2. The van der Waals surface area contributed by atoms with Crippen molar-refractivity contribution in [3.05, 3.63) is 22.8 Å². The van der Waals surface area contributed by atoms with Crippen molar-refractivity contribution >= 4 is 45.4 Å². The molecule has 0 spiro atoms. The molecule has 96 valence electrons. The maximum atomic E-state index is 11.7. The minimum Gasteiger partial charge on any atom is -0.326 e. The number of carbonyl (C=O) groups excluding carboxylic acids is 1. The van der Waals surface area contributed by atoms with E-state index in [-0.39, 0.29) is 5.91 Å². The summed E-state index contributed by atoms with van der Waals surface area (Å²) in [7, 11) is 0. The summed E-state index contributed by atoms with van der Waals surface area (Å²) in [6.07, 6.45) is 3.78. The first-order valence-electron chi connectivity index (χ1n) is 6.12. The van der Waals surface area contributed by atoms with Crippen LogP contribution in [0.5, 0.6) is 0 Å². The lowest BCUT2D eigenvalue weighted by Gasteiger charge is -2.04. The minimum absolute atomic E-state index is 0.0851. The molecule has 0 atom stereocenters. The van der Waals surface area contributed by atoms with E-state index in [1.54, 1.807) is 0 Å². The van der Waals surface area contributed by atoms with E-state index >= 15 is 0 Å². The Kier molecular flexibility index (Phi) is 4.49. The molecule has 18 heavy (non-hydrogen) atoms. The monoisotopic (exact) mass is 280 g/mol. The summed E-state index contributed by atoms with van der Waals surface area (Å²) in [5, 5.41) is 3.96. The third-order valence-corrected chi connectivity index (χ3v) is 4.09. The number of benzene rings is 1. The fraction of sp³-hybridized carbons (Fsp3) is 0.385. The maximum absolute atomic E-state index is 11.7. The van der Waals surface area contributed by atoms with Crippen LogP contribution >= 0.6 is 23.8 Å². The summed E-state index contributed by atoms with van der Waals surface area (Å²) in [6, 6.07) is 5.81. The van der Waals surface area contributed by atoms with Gasteiger partial charge in [-0.2, -0.15) is 0 Å². The van der Waals surface area contributed by atoms with E-state index in [2.05, 4.69) is 16.6 Å². The number of nitrogens with one attached hydrogen (secondary N) is 2. The molecule has 1 heterocycles. The first-order valence-corrected chi connectivity index (χ1v) is 7.34. The highest BCUT2D eigenvalue weighted by Crippen LogP contribution is 2.23. The van der Waals surface area contributed by atoms with E-state index in [4.69, 9.17) is 12.2 Å². The lowest BCUT2D eigenvalue weighted by Crippen LogP contribution is -2.10. The fourth-order valence-corrected chi connectivity index (χ4v) is 2.93. The molecule has 1 aromatic heterocycles. The van der Waals surface area contributed by atoms with E-state index in [1.807, 2.05) is 18.2 Å². The van der Waals surface area contributed by atoms with Crippen LogP contribution in [0.25, 0.3) is 10.1 Å². The third kappa shape index (κ3) is 3.17. The molecule has 0 aliphatic carbocycles. The zero-order valence-corrected chi connectivity index (χ0v) is 11.9. The summed E-state index contributed by atoms with van der Waals surface area (Å²) in [5.74, 6) is 0.0851. The Morgan fingerprint density at radius 2 is 2.28 bits per heavy atom. The highest BCUT2D eigenvalue weighted by Gasteiger charge is 2.04. The van der Waals surface area contributed by atoms with Gasteiger partial charge in [0.05, 0.1) is 4.70 Å². The van der Waals surface area contributed by atoms with Gasteiger partial charge in [-0.05, 0) is 24.6 Å². The van der Waals surface area contributed by atoms with E-state index < -0.39 is 0 Å². The van der Waals surface area contributed by atoms with Gasteiger partial charge in [-0.15, -0.1) is 0 Å². The molecule has 2 N–H and O–H groups in total. The molecule has 0 bridgehead atoms. The predicted molar refractivity (Wildman–Crippen MR) is 79.8 cm³/mol. The van der Waals surface area contributed by atoms with Crippen molar-refractivity contribution in [2.45, 2.75) is 32.6 Å². The van der Waals surface area contributed by atoms with E-state index in [0.29, 0.717) is 6.42 Å². The number of hydrogen-bond donors (Lipinski definition) is 2. The van der Waals surface area contributed by atoms with Gasteiger partial charge < -0.3 is 9.69 Å². The normalized spacial score (nSPS) is 10.7. The molecule has 5 heteroatoms. The van der Waals surface area contributed by atoms with Crippen molar-refractivity contribution in [1.29, 1.82) is 0 Å². The standard InChI is InChI=1S/C13H16N2OS2/c1-2-3-4-5-12(16)14-9-6-7-10-11(8-9)18-15-13(10)17/h6-8H,2-5H2,1H3,(H,14,16)(H,15,17). The zero-order chi connectivity index (χ0) is 13.0. The molecule has 3 nitrogen and oxygen atoms in total. The summed E-state index contributed by atoms with van der Waals surface area (Å²) in [4.78, 5) is 11.7. The van der Waals surface area contributed by atoms with Crippen LogP contribution < -0.4 is 5.32 Å². The van der Waals surface area contributed by atoms with Gasteiger partial charge in [0, 0.05) is 17.5 Å². The van der Waals surface area contributed by atoms with Crippen LogP contribution in [0, 0.1) is 4.64 Å². The van der Waals surface area contributed by atoms with Gasteiger partial charge in [0.1, 0.15) is 4.64 Å². The van der Waals surface area contributed by atoms with Crippen LogP contribution in [0.2, 0.25) is 0 Å². The molecule has 2 aromatic rings. The van der Waals surface area contributed by atoms with Crippen LogP contribution in [0.4, 0.5) is 5.69 Å². The van der Waals surface area contributed by atoms with Gasteiger partial charge in [0.15, 0.2) is 0 Å². The van der Waals surface area contributed by atoms with Crippen molar-refractivity contribution in [1.82, 2.24) is 4.37 Å². The van der Waals surface area contributed by atoms with Crippen LogP contribution in [0.1, 0.15) is 32.6 Å². The number of aromatic amines is 1. The van der Waals surface area contributed by atoms with Gasteiger partial charge in [-0.3, -0.25) is 4.79 Å². The Morgan fingerprint density at radius 1 is 1.44 bits per heavy atom. The maximum Gasteiger partial charge on any atom is 0.224 e. The number of rotatable bonds is 5. The average molecular weight is 280 g/mol. The molecular weight excluding hydrogens is 264 g/mol. The van der Waals surface area contributed by atoms with Crippen molar-refractivity contribution < 1.29 is 4.79 Å². The third-order valence-electron chi connectivity index (χ3n) is 2.77. The Labute approximate surface area is 115 Å². The second-order valence-electron chi connectivity index (χ2n) is 4.25. The minimum atomic E-state index is 0.0851. The van der Waals surface area contributed by atoms with Gasteiger partial charge in [-0.1, -0.05) is 43.5 Å². The fourth-order valence-electron chi connectivity index (χ4n) is 1.79. The first-order chi connectivity index (χ1) is 8.70. The lowest BCUT2D eigenvalue weighted by molar-refractivity contribution is -0.116. The second-order valence-corrected chi connectivity index (χ2v) is 5.51. The summed E-state index contributed by atoms with van der Waals surface area (Å²) in [5.41, 5.74) is 0.842. The topological polar surface area (TPSA) is 44.9 Å². The number of carbonyl (C=O) groups is 1. The Balaban J connectivity index is 2.03. The van der Waals surface area contributed by atoms with Crippen LogP contribution in [-0.2, 0) is 4.79 Å². The number of amides is 1.